The van der Waals surface area contributed by atoms with Crippen LogP contribution < -0.4 is 65.9 Å². The maximum absolute atomic E-state index is 14.7. The number of hydrogen-bond acceptors (Lipinski definition) is 14. The number of carboxylic acid groups (broad SMARTS) is 1. The average molecular weight is 1170 g/mol. The fourth-order valence-corrected chi connectivity index (χ4v) is 9.41. The molecule has 462 valence electrons. The summed E-state index contributed by atoms with van der Waals surface area (Å²) in [4.78, 5) is 149. The summed E-state index contributed by atoms with van der Waals surface area (Å²) in [6.45, 7) is 11.1. The van der Waals surface area contributed by atoms with Crippen molar-refractivity contribution < 1.29 is 48.3 Å². The summed E-state index contributed by atoms with van der Waals surface area (Å²) in [5, 5.41) is 29.2. The number of benzene rings is 1. The topological polar surface area (TPSA) is 473 Å². The Hall–Kier alpha value is -8.63. The van der Waals surface area contributed by atoms with Gasteiger partial charge in [0.15, 0.2) is 11.9 Å². The van der Waals surface area contributed by atoms with Crippen molar-refractivity contribution in [1.29, 1.82) is 0 Å². The zero-order valence-corrected chi connectivity index (χ0v) is 48.8. The van der Waals surface area contributed by atoms with Crippen molar-refractivity contribution in [3.05, 3.63) is 72.3 Å². The fourth-order valence-electron chi connectivity index (χ4n) is 9.41. The Kier molecular flexibility index (Phi) is 27.5. The van der Waals surface area contributed by atoms with Gasteiger partial charge in [-0.15, -0.1) is 0 Å². The molecule has 0 saturated carbocycles. The summed E-state index contributed by atoms with van der Waals surface area (Å²) >= 11 is 0. The highest BCUT2D eigenvalue weighted by atomic mass is 16.4. The van der Waals surface area contributed by atoms with Gasteiger partial charge in [-0.3, -0.25) is 48.3 Å². The minimum absolute atomic E-state index is 0.0305. The third kappa shape index (κ3) is 22.3. The Morgan fingerprint density at radius 1 is 0.643 bits per heavy atom. The normalized spacial score (nSPS) is 16.2. The van der Waals surface area contributed by atoms with E-state index in [-0.39, 0.29) is 88.8 Å². The molecule has 3 heterocycles. The van der Waals surface area contributed by atoms with Crippen molar-refractivity contribution in [2.45, 2.75) is 167 Å². The molecule has 0 unspecified atom stereocenters. The zero-order chi connectivity index (χ0) is 62.0. The van der Waals surface area contributed by atoms with Crippen LogP contribution in [0.3, 0.4) is 0 Å². The molecule has 2 aromatic heterocycles. The molecule has 0 bridgehead atoms. The first-order chi connectivity index (χ1) is 39.9. The van der Waals surface area contributed by atoms with Gasteiger partial charge in [-0.05, 0) is 68.3 Å². The molecule has 1 saturated heterocycles. The Balaban J connectivity index is 1.55. The summed E-state index contributed by atoms with van der Waals surface area (Å²) in [7, 11) is 0. The number of nitrogens with zero attached hydrogens (tertiary/aromatic N) is 5. The number of hydrogen-bond donors (Lipinski definition) is 15. The second kappa shape index (κ2) is 34.1. The number of carboxylic acids is 1. The zero-order valence-electron chi connectivity index (χ0n) is 48.8. The number of likely N-dealkylation sites (tertiary alicyclic amines) is 1. The van der Waals surface area contributed by atoms with Crippen LogP contribution in [0.2, 0.25) is 0 Å². The number of nitrogens with one attached hydrogen (secondary N) is 9. The molecule has 4 rings (SSSR count). The van der Waals surface area contributed by atoms with Gasteiger partial charge in [-0.25, -0.2) is 14.8 Å². The van der Waals surface area contributed by atoms with Crippen LogP contribution in [-0.4, -0.2) is 169 Å². The Morgan fingerprint density at radius 3 is 1.70 bits per heavy atom. The SMILES string of the molecule is CC[C@H](C)[C@H](NC(=O)[C@@H](N)CCCN=C(N)N)C(=O)N[C@@H](CCCN=C(N)N)C(=O)N1CCC[C@H]1C(=O)N[C@@H](Cc1cnc[nH]1)C(=O)N[C@H](C(=O)N[C@@H](CC(C)C)C(=O)N[C@@H](Cc1ccccc1)C(=O)N[C@@H](Cc1cnc[nH]1)C(=O)O)C(C)C. The van der Waals surface area contributed by atoms with Gasteiger partial charge in [0.25, 0.3) is 0 Å². The lowest BCUT2D eigenvalue weighted by Crippen LogP contribution is -2.61. The second-order valence-electron chi connectivity index (χ2n) is 21.8. The molecule has 84 heavy (non-hydrogen) atoms. The number of imidazole rings is 2. The van der Waals surface area contributed by atoms with Gasteiger partial charge < -0.3 is 85.9 Å². The summed E-state index contributed by atoms with van der Waals surface area (Å²) in [5.41, 5.74) is 29.7. The van der Waals surface area contributed by atoms with E-state index in [0.717, 1.165) is 0 Å². The number of aliphatic imine (C=N–C) groups is 2. The number of aromatic amines is 2. The van der Waals surface area contributed by atoms with Gasteiger partial charge in [-0.1, -0.05) is 78.3 Å². The predicted octanol–water partition coefficient (Wildman–Crippen LogP) is -2.19. The standard InChI is InChI=1S/C55H87N19O10/c1-7-32(6)44(73-45(75)36(56)16-11-19-63-54(57)58)51(81)67-37(17-12-20-64-55(59)60)52(82)74-21-13-18-42(74)49(79)69-40(24-34-26-61-28-65-34)48(78)72-43(31(4)5)50(80)70-38(22-30(2)3)46(76)68-39(23-33-14-9-8-10-15-33)47(77)71-41(53(83)84)25-35-27-62-29-66-35/h8-10,14-15,26-32,36-44H,7,11-13,16-25,56H2,1-6H3,(H,61,65)(H,62,66)(H,67,81)(H,68,76)(H,69,79)(H,70,80)(H,71,77)(H,72,78)(H,73,75)(H,83,84)(H4,57,58,63)(H4,59,60,64)/t32-,36-,37-,38-,39-,40-,41-,42-,43-,44-/m0/s1. The number of nitrogens with two attached hydrogens (primary N) is 5. The van der Waals surface area contributed by atoms with Crippen LogP contribution in [-0.2, 0) is 62.4 Å². The molecule has 1 fully saturated rings. The Labute approximate surface area is 488 Å². The molecular formula is C55H87N19O10. The van der Waals surface area contributed by atoms with Crippen LogP contribution in [0.25, 0.3) is 0 Å². The van der Waals surface area contributed by atoms with Crippen molar-refractivity contribution in [3.8, 4) is 0 Å². The van der Waals surface area contributed by atoms with E-state index < -0.39 is 119 Å². The summed E-state index contributed by atoms with van der Waals surface area (Å²) < 4.78 is 0. The van der Waals surface area contributed by atoms with Gasteiger partial charge in [-0.2, -0.15) is 0 Å². The molecule has 3 aromatic rings. The van der Waals surface area contributed by atoms with E-state index in [2.05, 4.69) is 67.1 Å². The van der Waals surface area contributed by atoms with Crippen molar-refractivity contribution in [1.82, 2.24) is 62.1 Å². The summed E-state index contributed by atoms with van der Waals surface area (Å²) in [6.07, 6.45) is 7.38. The average Bonchev–Trinajstić information content (AvgIpc) is 4.08. The van der Waals surface area contributed by atoms with Gasteiger partial charge in [0.05, 0.1) is 18.7 Å². The molecule has 0 spiro atoms. The third-order valence-electron chi connectivity index (χ3n) is 14.2. The molecule has 29 heteroatoms. The molecular weight excluding hydrogens is 1090 g/mol. The Morgan fingerprint density at radius 2 is 1.15 bits per heavy atom. The number of rotatable bonds is 35. The summed E-state index contributed by atoms with van der Waals surface area (Å²) in [6, 6.07) is -2.24. The van der Waals surface area contributed by atoms with Crippen LogP contribution >= 0.6 is 0 Å². The summed E-state index contributed by atoms with van der Waals surface area (Å²) in [5.74, 6) is -8.39. The largest absolute Gasteiger partial charge is 0.480 e. The van der Waals surface area contributed by atoms with E-state index in [1.807, 2.05) is 20.8 Å². The van der Waals surface area contributed by atoms with Gasteiger partial charge in [0, 0.05) is 62.7 Å². The second-order valence-corrected chi connectivity index (χ2v) is 21.8. The Bertz CT molecular complexity index is 2680. The number of guanidine groups is 2. The minimum Gasteiger partial charge on any atom is -0.480 e. The maximum Gasteiger partial charge on any atom is 0.326 e. The number of aromatic nitrogens is 4. The number of aliphatic carboxylic acids is 1. The van der Waals surface area contributed by atoms with Crippen molar-refractivity contribution in [2.24, 2.45) is 56.4 Å². The van der Waals surface area contributed by atoms with E-state index in [9.17, 15) is 48.3 Å². The van der Waals surface area contributed by atoms with Crippen LogP contribution in [0, 0.1) is 17.8 Å². The molecule has 0 radical (unpaired) electrons. The quantitative estimate of drug-likeness (QED) is 0.0169. The molecule has 8 amide bonds. The first kappa shape index (κ1) is 67.9. The molecule has 1 aliphatic heterocycles. The molecule has 0 aliphatic carbocycles. The first-order valence-corrected chi connectivity index (χ1v) is 28.4. The minimum atomic E-state index is -1.38. The fraction of sp³-hybridized carbons (Fsp3) is 0.582. The van der Waals surface area contributed by atoms with Crippen molar-refractivity contribution in [3.63, 3.8) is 0 Å². The molecule has 10 atom stereocenters. The number of amides is 8. The van der Waals surface area contributed by atoms with E-state index in [1.54, 1.807) is 51.1 Å². The number of H-pyrrole nitrogens is 2. The first-order valence-electron chi connectivity index (χ1n) is 28.4. The van der Waals surface area contributed by atoms with Crippen molar-refractivity contribution in [2.75, 3.05) is 19.6 Å². The number of carbonyl (C=O) groups is 9. The molecule has 1 aliphatic rings. The third-order valence-corrected chi connectivity index (χ3v) is 14.2. The molecule has 1 aromatic carbocycles. The van der Waals surface area contributed by atoms with Gasteiger partial charge in [0.1, 0.15) is 48.3 Å². The van der Waals surface area contributed by atoms with Gasteiger partial charge >= 0.3 is 5.97 Å². The highest BCUT2D eigenvalue weighted by Crippen LogP contribution is 2.22. The van der Waals surface area contributed by atoms with Gasteiger partial charge in [0.2, 0.25) is 47.3 Å². The predicted molar refractivity (Wildman–Crippen MR) is 312 cm³/mol. The molecule has 29 nitrogen and oxygen atoms in total. The van der Waals surface area contributed by atoms with Crippen LogP contribution in [0.5, 0.6) is 0 Å². The molecule has 20 N–H and O–H groups in total. The van der Waals surface area contributed by atoms with Crippen molar-refractivity contribution >= 4 is 65.1 Å². The highest BCUT2D eigenvalue weighted by Gasteiger charge is 2.41. The maximum atomic E-state index is 14.7. The van der Waals surface area contributed by atoms with E-state index in [0.29, 0.717) is 36.2 Å². The van der Waals surface area contributed by atoms with E-state index in [4.69, 9.17) is 28.7 Å². The van der Waals surface area contributed by atoms with Crippen LogP contribution in [0.1, 0.15) is 110 Å². The highest BCUT2D eigenvalue weighted by molar-refractivity contribution is 5.98. The lowest BCUT2D eigenvalue weighted by molar-refractivity contribution is -0.143. The number of carbonyl (C=O) groups excluding carboxylic acids is 8. The monoisotopic (exact) mass is 1170 g/mol. The lowest BCUT2D eigenvalue weighted by Gasteiger charge is -2.32. The van der Waals surface area contributed by atoms with Crippen LogP contribution in [0.4, 0.5) is 0 Å². The van der Waals surface area contributed by atoms with Crippen LogP contribution in [0.15, 0.2) is 65.4 Å². The van der Waals surface area contributed by atoms with E-state index >= 15 is 0 Å². The van der Waals surface area contributed by atoms with E-state index in [1.165, 1.54) is 29.9 Å². The smallest absolute Gasteiger partial charge is 0.326 e. The lowest BCUT2D eigenvalue weighted by atomic mass is 9.96.